The first kappa shape index (κ1) is 14.0. The molecule has 3 N–H and O–H groups in total. The largest absolute Gasteiger partial charge is 0.382 e. The van der Waals surface area contributed by atoms with Crippen molar-refractivity contribution in [2.24, 2.45) is 5.73 Å². The van der Waals surface area contributed by atoms with E-state index in [0.29, 0.717) is 5.69 Å². The van der Waals surface area contributed by atoms with Gasteiger partial charge in [0.2, 0.25) is 0 Å². The first-order chi connectivity index (χ1) is 8.87. The highest BCUT2D eigenvalue weighted by Gasteiger charge is 2.31. The number of aromatic nitrogens is 1. The van der Waals surface area contributed by atoms with E-state index in [-0.39, 0.29) is 17.5 Å². The third kappa shape index (κ3) is 3.52. The third-order valence-electron chi connectivity index (χ3n) is 3.18. The van der Waals surface area contributed by atoms with E-state index in [1.54, 1.807) is 6.20 Å². The lowest BCUT2D eigenvalue weighted by Crippen LogP contribution is -2.51. The van der Waals surface area contributed by atoms with Crippen LogP contribution in [0.4, 0.5) is 0 Å². The summed E-state index contributed by atoms with van der Waals surface area (Å²) in [6, 6.07) is 3.87. The summed E-state index contributed by atoms with van der Waals surface area (Å²) >= 11 is 0. The first-order valence-electron chi connectivity index (χ1n) is 6.56. The quantitative estimate of drug-likeness (QED) is 0.637. The highest BCUT2D eigenvalue weighted by molar-refractivity contribution is 5.94. The van der Waals surface area contributed by atoms with Crippen LogP contribution in [0.3, 0.4) is 0 Å². The van der Waals surface area contributed by atoms with Gasteiger partial charge in [-0.2, -0.15) is 0 Å². The second kappa shape index (κ2) is 5.27. The van der Waals surface area contributed by atoms with Crippen LogP contribution in [0, 0.1) is 5.41 Å². The number of nitrogens with two attached hydrogens (primary N) is 1. The minimum Gasteiger partial charge on any atom is -0.382 e. The molecule has 0 aromatic carbocycles. The van der Waals surface area contributed by atoms with E-state index in [2.05, 4.69) is 30.7 Å². The smallest absolute Gasteiger partial charge is 0.142 e. The molecule has 0 spiro atoms. The van der Waals surface area contributed by atoms with E-state index in [4.69, 9.17) is 15.9 Å². The van der Waals surface area contributed by atoms with Crippen LogP contribution in [-0.4, -0.2) is 40.5 Å². The summed E-state index contributed by atoms with van der Waals surface area (Å²) in [4.78, 5) is 6.52. The molecule has 1 unspecified atom stereocenters. The molecule has 2 rings (SSSR count). The zero-order valence-corrected chi connectivity index (χ0v) is 11.8. The molecule has 0 amide bonds. The summed E-state index contributed by atoms with van der Waals surface area (Å²) in [6.07, 6.45) is 1.88. The normalized spacial score (nSPS) is 23.2. The molecule has 104 valence electrons. The van der Waals surface area contributed by atoms with Crippen molar-refractivity contribution in [3.8, 4) is 0 Å². The van der Waals surface area contributed by atoms with Gasteiger partial charge in [0.05, 0.1) is 11.7 Å². The number of hydrogen-bond donors (Lipinski definition) is 2. The summed E-state index contributed by atoms with van der Waals surface area (Å²) in [6.45, 7) is 8.79. The summed E-state index contributed by atoms with van der Waals surface area (Å²) in [5.74, 6) is 0.0242. The molecule has 1 fully saturated rings. The molecule has 0 radical (unpaired) electrons. The molecule has 1 aromatic heterocycles. The molecule has 5 nitrogen and oxygen atoms in total. The van der Waals surface area contributed by atoms with Gasteiger partial charge in [0.1, 0.15) is 11.5 Å². The molecule has 2 heterocycles. The molecule has 0 saturated carbocycles. The summed E-state index contributed by atoms with van der Waals surface area (Å²) in [5, 5.41) is 7.58. The molecule has 5 heteroatoms. The third-order valence-corrected chi connectivity index (χ3v) is 3.18. The van der Waals surface area contributed by atoms with Gasteiger partial charge in [-0.15, -0.1) is 0 Å². The van der Waals surface area contributed by atoms with Crippen LogP contribution >= 0.6 is 0 Å². The van der Waals surface area contributed by atoms with Crippen molar-refractivity contribution in [2.75, 3.05) is 13.1 Å². The van der Waals surface area contributed by atoms with Gasteiger partial charge in [-0.25, -0.2) is 0 Å². The highest BCUT2D eigenvalue weighted by atomic mass is 16.5. The number of hydrogen-bond acceptors (Lipinski definition) is 4. The van der Waals surface area contributed by atoms with Gasteiger partial charge in [-0.3, -0.25) is 15.3 Å². The van der Waals surface area contributed by atoms with Gasteiger partial charge < -0.3 is 10.5 Å². The number of rotatable bonds is 3. The maximum Gasteiger partial charge on any atom is 0.142 e. The Labute approximate surface area is 114 Å². The number of ether oxygens (including phenoxy) is 1. The summed E-state index contributed by atoms with van der Waals surface area (Å²) < 4.78 is 5.90. The van der Waals surface area contributed by atoms with Crippen molar-refractivity contribution in [2.45, 2.75) is 39.0 Å². The van der Waals surface area contributed by atoms with Gasteiger partial charge >= 0.3 is 0 Å². The lowest BCUT2D eigenvalue weighted by Gasteiger charge is -2.41. The van der Waals surface area contributed by atoms with Crippen molar-refractivity contribution in [3.63, 3.8) is 0 Å². The topological polar surface area (TPSA) is 75.2 Å². The van der Waals surface area contributed by atoms with Gasteiger partial charge in [0.15, 0.2) is 0 Å². The highest BCUT2D eigenvalue weighted by Crippen LogP contribution is 2.22. The van der Waals surface area contributed by atoms with E-state index in [9.17, 15) is 0 Å². The zero-order valence-electron chi connectivity index (χ0n) is 11.8. The Hall–Kier alpha value is -1.46. The zero-order chi connectivity index (χ0) is 14.0. The van der Waals surface area contributed by atoms with Crippen molar-refractivity contribution in [3.05, 3.63) is 29.6 Å². The Morgan fingerprint density at radius 1 is 1.63 bits per heavy atom. The number of morpholine rings is 1. The molecule has 19 heavy (non-hydrogen) atoms. The van der Waals surface area contributed by atoms with Gasteiger partial charge in [-0.05, 0) is 32.4 Å². The van der Waals surface area contributed by atoms with Gasteiger partial charge in [0.25, 0.3) is 0 Å². The van der Waals surface area contributed by atoms with E-state index in [0.717, 1.165) is 25.2 Å². The van der Waals surface area contributed by atoms with Crippen LogP contribution in [0.15, 0.2) is 18.3 Å². The molecular formula is C14H22N4O. The van der Waals surface area contributed by atoms with E-state index in [1.165, 1.54) is 0 Å². The Balaban J connectivity index is 2.15. The summed E-state index contributed by atoms with van der Waals surface area (Å²) in [7, 11) is 0. The lowest BCUT2D eigenvalue weighted by atomic mass is 10.0. The van der Waals surface area contributed by atoms with Crippen LogP contribution in [0.2, 0.25) is 0 Å². The SMILES string of the molecule is CC1CN(Cc2cccnc2C(=N)N)CC(C)(C)O1. The van der Waals surface area contributed by atoms with Gasteiger partial charge in [-0.1, -0.05) is 6.07 Å². The second-order valence-corrected chi connectivity index (χ2v) is 5.78. The van der Waals surface area contributed by atoms with Crippen LogP contribution in [0.25, 0.3) is 0 Å². The van der Waals surface area contributed by atoms with Crippen LogP contribution in [0.5, 0.6) is 0 Å². The number of pyridine rings is 1. The Kier molecular flexibility index (Phi) is 3.87. The standard InChI is InChI=1S/C14H22N4O/c1-10-7-18(9-14(2,3)19-10)8-11-5-4-6-17-12(11)13(15)16/h4-6,10H,7-9H2,1-3H3,(H3,15,16). The molecule has 0 bridgehead atoms. The Morgan fingerprint density at radius 3 is 3.00 bits per heavy atom. The molecular weight excluding hydrogens is 240 g/mol. The number of nitrogen functional groups attached to an aromatic ring is 1. The fraction of sp³-hybridized carbons (Fsp3) is 0.571. The fourth-order valence-electron chi connectivity index (χ4n) is 2.76. The molecule has 1 saturated heterocycles. The molecule has 1 atom stereocenters. The van der Waals surface area contributed by atoms with E-state index >= 15 is 0 Å². The van der Waals surface area contributed by atoms with Crippen molar-refractivity contribution in [1.82, 2.24) is 9.88 Å². The minimum absolute atomic E-state index is 0.0242. The number of nitrogens with zero attached hydrogens (tertiary/aromatic N) is 2. The van der Waals surface area contributed by atoms with Gasteiger partial charge in [0, 0.05) is 25.8 Å². The molecule has 0 aliphatic carbocycles. The monoisotopic (exact) mass is 262 g/mol. The average Bonchev–Trinajstić information content (AvgIpc) is 2.26. The second-order valence-electron chi connectivity index (χ2n) is 5.78. The predicted molar refractivity (Wildman–Crippen MR) is 75.2 cm³/mol. The Morgan fingerprint density at radius 2 is 2.37 bits per heavy atom. The fourth-order valence-corrected chi connectivity index (χ4v) is 2.76. The van der Waals surface area contributed by atoms with Crippen molar-refractivity contribution < 1.29 is 4.74 Å². The molecule has 1 aliphatic rings. The first-order valence-corrected chi connectivity index (χ1v) is 6.56. The maximum absolute atomic E-state index is 7.58. The van der Waals surface area contributed by atoms with Crippen LogP contribution in [-0.2, 0) is 11.3 Å². The molecule has 1 aliphatic heterocycles. The van der Waals surface area contributed by atoms with Crippen molar-refractivity contribution >= 4 is 5.84 Å². The molecule has 1 aromatic rings. The van der Waals surface area contributed by atoms with Crippen LogP contribution < -0.4 is 5.73 Å². The van der Waals surface area contributed by atoms with E-state index in [1.807, 2.05) is 12.1 Å². The minimum atomic E-state index is -0.143. The maximum atomic E-state index is 7.58. The Bertz CT molecular complexity index is 472. The average molecular weight is 262 g/mol. The number of amidine groups is 1. The van der Waals surface area contributed by atoms with Crippen LogP contribution in [0.1, 0.15) is 32.0 Å². The summed E-state index contributed by atoms with van der Waals surface area (Å²) in [5.41, 5.74) is 7.02. The predicted octanol–water partition coefficient (Wildman–Crippen LogP) is 1.36. The van der Waals surface area contributed by atoms with E-state index < -0.39 is 0 Å². The van der Waals surface area contributed by atoms with Crippen molar-refractivity contribution in [1.29, 1.82) is 5.41 Å². The lowest BCUT2D eigenvalue weighted by molar-refractivity contribution is -0.130. The number of nitrogens with one attached hydrogen (secondary N) is 1.